The van der Waals surface area contributed by atoms with Crippen LogP contribution in [0.3, 0.4) is 0 Å². The van der Waals surface area contributed by atoms with Gasteiger partial charge in [0.1, 0.15) is 17.0 Å². The molecule has 0 bridgehead atoms. The lowest BCUT2D eigenvalue weighted by Gasteiger charge is -2.34. The largest absolute Gasteiger partial charge is 0.456 e. The molecule has 10 rings (SSSR count). The van der Waals surface area contributed by atoms with Crippen LogP contribution in [0.15, 0.2) is 125 Å². The Morgan fingerprint density at radius 1 is 0.707 bits per heavy atom. The van der Waals surface area contributed by atoms with Crippen LogP contribution in [0.5, 0.6) is 0 Å². The van der Waals surface area contributed by atoms with Gasteiger partial charge in [0.05, 0.1) is 17.1 Å². The molecule has 3 heteroatoms. The van der Waals surface area contributed by atoms with Gasteiger partial charge in [-0.05, 0) is 57.8 Å². The maximum absolute atomic E-state index is 6.58. The summed E-state index contributed by atoms with van der Waals surface area (Å²) in [5.74, 6) is 1.25. The molecule has 41 heavy (non-hydrogen) atoms. The van der Waals surface area contributed by atoms with E-state index < -0.39 is 0 Å². The van der Waals surface area contributed by atoms with Crippen molar-refractivity contribution in [2.24, 2.45) is 0 Å². The van der Waals surface area contributed by atoms with Crippen LogP contribution in [-0.2, 0) is 0 Å². The molecular formula is C38H24N2O. The van der Waals surface area contributed by atoms with E-state index in [-0.39, 0.29) is 6.04 Å². The second kappa shape index (κ2) is 7.47. The third-order valence-corrected chi connectivity index (χ3v) is 9.33. The van der Waals surface area contributed by atoms with Crippen LogP contribution in [0.1, 0.15) is 5.56 Å². The zero-order chi connectivity index (χ0) is 26.8. The van der Waals surface area contributed by atoms with Crippen LogP contribution in [0.25, 0.3) is 77.1 Å². The highest BCUT2D eigenvalue weighted by atomic mass is 16.3. The lowest BCUT2D eigenvalue weighted by atomic mass is 9.93. The first-order valence-corrected chi connectivity index (χ1v) is 14.2. The van der Waals surface area contributed by atoms with Crippen molar-refractivity contribution in [2.75, 3.05) is 11.9 Å². The van der Waals surface area contributed by atoms with Gasteiger partial charge in [0.2, 0.25) is 0 Å². The van der Waals surface area contributed by atoms with Crippen LogP contribution in [0.2, 0.25) is 0 Å². The molecule has 0 saturated heterocycles. The molecule has 4 heterocycles. The summed E-state index contributed by atoms with van der Waals surface area (Å²) in [7, 11) is 2.22. The first-order chi connectivity index (χ1) is 20.3. The van der Waals surface area contributed by atoms with Crippen molar-refractivity contribution in [1.29, 1.82) is 0 Å². The summed E-state index contributed by atoms with van der Waals surface area (Å²) in [4.78, 5) is 2.43. The predicted molar refractivity (Wildman–Crippen MR) is 172 cm³/mol. The van der Waals surface area contributed by atoms with Gasteiger partial charge in [-0.15, -0.1) is 0 Å². The van der Waals surface area contributed by atoms with E-state index in [1.54, 1.807) is 0 Å². The summed E-state index contributed by atoms with van der Waals surface area (Å²) in [5, 5.41) is 8.71. The number of para-hydroxylation sites is 1. The zero-order valence-electron chi connectivity index (χ0n) is 22.4. The van der Waals surface area contributed by atoms with Crippen molar-refractivity contribution < 1.29 is 4.42 Å². The van der Waals surface area contributed by atoms with E-state index in [0.717, 1.165) is 16.6 Å². The van der Waals surface area contributed by atoms with E-state index in [1.165, 1.54) is 71.4 Å². The van der Waals surface area contributed by atoms with Crippen molar-refractivity contribution in [2.45, 2.75) is 6.04 Å². The number of anilines is 1. The molecule has 0 spiro atoms. The van der Waals surface area contributed by atoms with Gasteiger partial charge in [-0.1, -0.05) is 91.0 Å². The fraction of sp³-hybridized carbons (Fsp3) is 0.0526. The monoisotopic (exact) mass is 524 g/mol. The normalized spacial score (nSPS) is 16.6. The smallest absolute Gasteiger partial charge is 0.136 e. The molecule has 3 aromatic heterocycles. The van der Waals surface area contributed by atoms with Crippen molar-refractivity contribution in [3.63, 3.8) is 0 Å². The Kier molecular flexibility index (Phi) is 3.92. The summed E-state index contributed by atoms with van der Waals surface area (Å²) < 4.78 is 9.07. The molecule has 0 amide bonds. The number of hydrogen-bond acceptors (Lipinski definition) is 2. The molecule has 0 saturated carbocycles. The number of aromatic nitrogens is 1. The van der Waals surface area contributed by atoms with Crippen LogP contribution < -0.4 is 4.90 Å². The summed E-state index contributed by atoms with van der Waals surface area (Å²) in [6.45, 7) is 0. The summed E-state index contributed by atoms with van der Waals surface area (Å²) in [6, 6.07) is 33.2. The lowest BCUT2D eigenvalue weighted by molar-refractivity contribution is 0.669. The van der Waals surface area contributed by atoms with Crippen LogP contribution in [0, 0.1) is 0 Å². The van der Waals surface area contributed by atoms with E-state index in [4.69, 9.17) is 4.42 Å². The van der Waals surface area contributed by atoms with Crippen molar-refractivity contribution in [3.8, 4) is 11.1 Å². The molecule has 1 aliphatic carbocycles. The van der Waals surface area contributed by atoms with Gasteiger partial charge in [-0.25, -0.2) is 0 Å². The molecule has 5 aromatic carbocycles. The number of nitrogens with zero attached hydrogens (tertiary/aromatic N) is 2. The van der Waals surface area contributed by atoms with Gasteiger partial charge in [0.25, 0.3) is 0 Å². The number of furan rings is 1. The molecular weight excluding hydrogens is 500 g/mol. The second-order valence-electron chi connectivity index (χ2n) is 11.4. The molecule has 3 nitrogen and oxygen atoms in total. The maximum Gasteiger partial charge on any atom is 0.136 e. The fourth-order valence-corrected chi connectivity index (χ4v) is 7.57. The maximum atomic E-state index is 6.58. The zero-order valence-corrected chi connectivity index (χ0v) is 22.4. The predicted octanol–water partition coefficient (Wildman–Crippen LogP) is 9.73. The SMILES string of the molecule is CN1c2c(c3cccc4c5c6c(ccc5n2c34)oc2cc(-c3cccc4ccccc34)ccc26)C=C2C=CC=CC21. The Labute approximate surface area is 235 Å². The number of fused-ring (bicyclic) bond motifs is 12. The first-order valence-electron chi connectivity index (χ1n) is 14.2. The fourth-order valence-electron chi connectivity index (χ4n) is 7.57. The average Bonchev–Trinajstić information content (AvgIpc) is 3.67. The van der Waals surface area contributed by atoms with E-state index in [1.807, 2.05) is 0 Å². The molecule has 8 aromatic rings. The molecule has 1 aliphatic heterocycles. The number of benzene rings is 5. The van der Waals surface area contributed by atoms with E-state index in [0.29, 0.717) is 0 Å². The number of hydrogen-bond donors (Lipinski definition) is 0. The van der Waals surface area contributed by atoms with Crippen molar-refractivity contribution >= 4 is 71.8 Å². The number of likely N-dealkylation sites (N-methyl/N-ethyl adjacent to an activating group) is 1. The van der Waals surface area contributed by atoms with Crippen LogP contribution in [-0.4, -0.2) is 17.5 Å². The van der Waals surface area contributed by atoms with Gasteiger partial charge < -0.3 is 9.32 Å². The Morgan fingerprint density at radius 2 is 1.56 bits per heavy atom. The van der Waals surface area contributed by atoms with Gasteiger partial charge in [0.15, 0.2) is 0 Å². The first kappa shape index (κ1) is 21.5. The Hall–Kier alpha value is -5.28. The van der Waals surface area contributed by atoms with E-state index >= 15 is 0 Å². The summed E-state index contributed by atoms with van der Waals surface area (Å²) in [5.41, 5.74) is 9.41. The van der Waals surface area contributed by atoms with Crippen LogP contribution in [0.4, 0.5) is 5.82 Å². The van der Waals surface area contributed by atoms with Gasteiger partial charge in [-0.2, -0.15) is 0 Å². The highest BCUT2D eigenvalue weighted by molar-refractivity contribution is 6.30. The van der Waals surface area contributed by atoms with Crippen molar-refractivity contribution in [3.05, 3.63) is 126 Å². The Bertz CT molecular complexity index is 2490. The minimum Gasteiger partial charge on any atom is -0.456 e. The molecule has 192 valence electrons. The minimum atomic E-state index is 0.242. The molecule has 1 unspecified atom stereocenters. The van der Waals surface area contributed by atoms with Gasteiger partial charge in [-0.3, -0.25) is 4.40 Å². The molecule has 0 N–H and O–H groups in total. The van der Waals surface area contributed by atoms with Crippen molar-refractivity contribution in [1.82, 2.24) is 4.40 Å². The van der Waals surface area contributed by atoms with E-state index in [9.17, 15) is 0 Å². The molecule has 2 aliphatic rings. The Balaban J connectivity index is 1.28. The van der Waals surface area contributed by atoms with E-state index in [2.05, 4.69) is 138 Å². The summed E-state index contributed by atoms with van der Waals surface area (Å²) >= 11 is 0. The third-order valence-electron chi connectivity index (χ3n) is 9.33. The standard InChI is InChI=1S/C38H24N2O/c1-39-31-15-5-3-9-24(31)20-30-27-13-7-14-29-35-32(40(37(27)29)38(30)39)18-19-33-36(35)28-17-16-23(21-34(28)41-33)26-12-6-10-22-8-2-4-11-25(22)26/h2-21,31H,1H3. The molecule has 0 fully saturated rings. The second-order valence-corrected chi connectivity index (χ2v) is 11.4. The van der Waals surface area contributed by atoms with Gasteiger partial charge >= 0.3 is 0 Å². The summed E-state index contributed by atoms with van der Waals surface area (Å²) in [6.07, 6.45) is 11.2. The Morgan fingerprint density at radius 3 is 2.54 bits per heavy atom. The molecule has 0 radical (unpaired) electrons. The molecule has 1 atom stereocenters. The lowest BCUT2D eigenvalue weighted by Crippen LogP contribution is -2.35. The van der Waals surface area contributed by atoms with Gasteiger partial charge in [0, 0.05) is 39.5 Å². The van der Waals surface area contributed by atoms with Crippen LogP contribution >= 0.6 is 0 Å². The average molecular weight is 525 g/mol. The quantitative estimate of drug-likeness (QED) is 0.213. The third kappa shape index (κ3) is 2.64. The highest BCUT2D eigenvalue weighted by Crippen LogP contribution is 2.48. The highest BCUT2D eigenvalue weighted by Gasteiger charge is 2.31. The number of rotatable bonds is 1. The minimum absolute atomic E-state index is 0.242. The number of allylic oxidation sites excluding steroid dienone is 2. The topological polar surface area (TPSA) is 20.8 Å².